The van der Waals surface area contributed by atoms with Gasteiger partial charge in [0.1, 0.15) is 17.2 Å². The number of hydrogen-bond acceptors (Lipinski definition) is 6. The lowest BCUT2D eigenvalue weighted by atomic mass is 9.93. The summed E-state index contributed by atoms with van der Waals surface area (Å²) >= 11 is 3.33. The van der Waals surface area contributed by atoms with Crippen LogP contribution in [0, 0.1) is 0 Å². The summed E-state index contributed by atoms with van der Waals surface area (Å²) in [5, 5.41) is 2.47. The van der Waals surface area contributed by atoms with Crippen molar-refractivity contribution in [2.24, 2.45) is 0 Å². The Morgan fingerprint density at radius 3 is 2.53 bits per heavy atom. The molecule has 0 aliphatic carbocycles. The molecule has 1 heterocycles. The number of ketones is 1. The average Bonchev–Trinajstić information content (AvgIpc) is 2.82. The third-order valence-corrected chi connectivity index (χ3v) is 5.47. The fourth-order valence-corrected chi connectivity index (χ4v) is 3.81. The van der Waals surface area contributed by atoms with Gasteiger partial charge in [-0.2, -0.15) is 8.78 Å². The van der Waals surface area contributed by atoms with Gasteiger partial charge in [-0.25, -0.2) is 4.79 Å². The topological polar surface area (TPSA) is 83.1 Å². The largest absolute Gasteiger partial charge is 0.497 e. The van der Waals surface area contributed by atoms with E-state index >= 15 is 0 Å². The smallest absolute Gasteiger partial charge is 0.412 e. The van der Waals surface area contributed by atoms with Crippen LogP contribution in [0.3, 0.4) is 0 Å². The molecule has 0 unspecified atom stereocenters. The van der Waals surface area contributed by atoms with Gasteiger partial charge in [-0.05, 0) is 54.6 Å². The molecule has 0 saturated heterocycles. The van der Waals surface area contributed by atoms with E-state index in [0.717, 1.165) is 0 Å². The van der Waals surface area contributed by atoms with Gasteiger partial charge in [-0.3, -0.25) is 10.1 Å². The van der Waals surface area contributed by atoms with E-state index in [1.165, 1.54) is 31.4 Å². The number of Topliss-reactive ketones (excluding diaryl/α,β-unsaturated/α-hetero) is 1. The van der Waals surface area contributed by atoms with Gasteiger partial charge in [-0.15, -0.1) is 0 Å². The molecule has 176 valence electrons. The van der Waals surface area contributed by atoms with Crippen molar-refractivity contribution in [1.82, 2.24) is 0 Å². The van der Waals surface area contributed by atoms with Gasteiger partial charge in [0.15, 0.2) is 6.10 Å². The molecular weight excluding hydrogens is 516 g/mol. The Morgan fingerprint density at radius 2 is 1.82 bits per heavy atom. The number of ether oxygens (including phenoxy) is 4. The van der Waals surface area contributed by atoms with Crippen molar-refractivity contribution in [1.29, 1.82) is 0 Å². The minimum Gasteiger partial charge on any atom is -0.497 e. The summed E-state index contributed by atoms with van der Waals surface area (Å²) in [7, 11) is 1.51. The van der Waals surface area contributed by atoms with E-state index in [-0.39, 0.29) is 17.0 Å². The zero-order chi connectivity index (χ0) is 24.2. The number of hydrogen-bond donors (Lipinski definition) is 1. The number of nitrogens with one attached hydrogen (secondary N) is 1. The molecule has 0 fully saturated rings. The molecule has 0 spiro atoms. The third-order valence-electron chi connectivity index (χ3n) is 4.98. The predicted octanol–water partition coefficient (Wildman–Crippen LogP) is 5.99. The van der Waals surface area contributed by atoms with Crippen molar-refractivity contribution < 1.29 is 37.3 Å². The van der Waals surface area contributed by atoms with Crippen molar-refractivity contribution in [3.63, 3.8) is 0 Å². The lowest BCUT2D eigenvalue weighted by Gasteiger charge is -2.32. The minimum atomic E-state index is -2.96. The molecule has 0 saturated carbocycles. The highest BCUT2D eigenvalue weighted by Crippen LogP contribution is 2.38. The Kier molecular flexibility index (Phi) is 6.97. The first-order valence-corrected chi connectivity index (χ1v) is 10.8. The SMILES string of the molecule is COc1cccc([C@@H]2Oc3ccc(Br)cc3C(=O)[C@H]2OC(=O)Nc2ccc(OC(F)F)cc2)c1. The highest BCUT2D eigenvalue weighted by molar-refractivity contribution is 9.10. The molecule has 0 radical (unpaired) electrons. The number of halogens is 3. The third kappa shape index (κ3) is 5.28. The summed E-state index contributed by atoms with van der Waals surface area (Å²) in [6.45, 7) is -2.96. The predicted molar refractivity (Wildman–Crippen MR) is 122 cm³/mol. The van der Waals surface area contributed by atoms with Gasteiger partial charge < -0.3 is 18.9 Å². The Bertz CT molecular complexity index is 1200. The zero-order valence-corrected chi connectivity index (χ0v) is 19.3. The maximum atomic E-state index is 13.3. The Labute approximate surface area is 201 Å². The molecule has 1 amide bonds. The van der Waals surface area contributed by atoms with Crippen LogP contribution < -0.4 is 19.5 Å². The number of rotatable bonds is 6. The standard InChI is InChI=1S/C24H18BrF2NO6/c1-31-17-4-2-3-13(11-17)21-22(20(29)18-12-14(25)5-10-19(18)33-21)34-24(30)28-15-6-8-16(9-7-15)32-23(26)27/h2-12,21-23H,1H3,(H,28,30)/t21-,22+/m0/s1. The van der Waals surface area contributed by atoms with Gasteiger partial charge in [0, 0.05) is 15.7 Å². The van der Waals surface area contributed by atoms with Crippen molar-refractivity contribution in [3.8, 4) is 17.2 Å². The normalized spacial score (nSPS) is 16.9. The molecule has 1 aliphatic heterocycles. The lowest BCUT2D eigenvalue weighted by Crippen LogP contribution is -2.40. The average molecular weight is 534 g/mol. The van der Waals surface area contributed by atoms with E-state index in [9.17, 15) is 18.4 Å². The second-order valence-corrected chi connectivity index (χ2v) is 8.09. The van der Waals surface area contributed by atoms with Crippen LogP contribution in [-0.2, 0) is 4.74 Å². The first-order valence-electron chi connectivity index (χ1n) is 10.0. The van der Waals surface area contributed by atoms with Crippen molar-refractivity contribution in [2.45, 2.75) is 18.8 Å². The molecule has 7 nitrogen and oxygen atoms in total. The van der Waals surface area contributed by atoms with Crippen LogP contribution in [0.1, 0.15) is 22.0 Å². The van der Waals surface area contributed by atoms with Crippen LogP contribution in [0.25, 0.3) is 0 Å². The molecule has 1 N–H and O–H groups in total. The molecule has 3 aromatic carbocycles. The van der Waals surface area contributed by atoms with Crippen LogP contribution in [0.5, 0.6) is 17.2 Å². The van der Waals surface area contributed by atoms with E-state index in [1.807, 2.05) is 0 Å². The molecule has 4 rings (SSSR count). The summed E-state index contributed by atoms with van der Waals surface area (Å²) in [5.41, 5.74) is 1.10. The van der Waals surface area contributed by atoms with E-state index < -0.39 is 30.7 Å². The molecule has 0 bridgehead atoms. The first kappa shape index (κ1) is 23.5. The fourth-order valence-electron chi connectivity index (χ4n) is 3.45. The van der Waals surface area contributed by atoms with Gasteiger partial charge >= 0.3 is 12.7 Å². The lowest BCUT2D eigenvalue weighted by molar-refractivity contribution is -0.0498. The number of carbonyl (C=O) groups excluding carboxylic acids is 2. The van der Waals surface area contributed by atoms with Crippen molar-refractivity contribution >= 4 is 33.5 Å². The first-order chi connectivity index (χ1) is 16.3. The summed E-state index contributed by atoms with van der Waals surface area (Å²) in [4.78, 5) is 26.0. The molecule has 3 aromatic rings. The number of amides is 1. The number of anilines is 1. The van der Waals surface area contributed by atoms with E-state index in [4.69, 9.17) is 14.2 Å². The van der Waals surface area contributed by atoms with Gasteiger partial charge in [0.05, 0.1) is 12.7 Å². The number of alkyl halides is 2. The fraction of sp³-hybridized carbons (Fsp3) is 0.167. The molecule has 10 heteroatoms. The number of carbonyl (C=O) groups is 2. The highest BCUT2D eigenvalue weighted by Gasteiger charge is 2.41. The van der Waals surface area contributed by atoms with E-state index in [1.54, 1.807) is 42.5 Å². The van der Waals surface area contributed by atoms with E-state index in [0.29, 0.717) is 21.5 Å². The molecular formula is C24H18BrF2NO6. The van der Waals surface area contributed by atoms with Crippen molar-refractivity contribution in [2.75, 3.05) is 12.4 Å². The Hall–Kier alpha value is -3.66. The zero-order valence-electron chi connectivity index (χ0n) is 17.7. The van der Waals surface area contributed by atoms with Crippen molar-refractivity contribution in [3.05, 3.63) is 82.3 Å². The second-order valence-electron chi connectivity index (χ2n) is 7.17. The number of benzene rings is 3. The van der Waals surface area contributed by atoms with Gasteiger partial charge in [0.25, 0.3) is 0 Å². The van der Waals surface area contributed by atoms with Crippen LogP contribution >= 0.6 is 15.9 Å². The molecule has 2 atom stereocenters. The minimum absolute atomic E-state index is 0.0648. The molecule has 34 heavy (non-hydrogen) atoms. The summed E-state index contributed by atoms with van der Waals surface area (Å²) in [6, 6.07) is 17.2. The maximum Gasteiger partial charge on any atom is 0.412 e. The van der Waals surface area contributed by atoms with Crippen LogP contribution in [0.15, 0.2) is 71.2 Å². The highest BCUT2D eigenvalue weighted by atomic mass is 79.9. The van der Waals surface area contributed by atoms with Crippen LogP contribution in [0.4, 0.5) is 19.3 Å². The summed E-state index contributed by atoms with van der Waals surface area (Å²) in [5.74, 6) is 0.400. The van der Waals surface area contributed by atoms with Gasteiger partial charge in [-0.1, -0.05) is 28.1 Å². The molecule has 0 aromatic heterocycles. The van der Waals surface area contributed by atoms with Crippen LogP contribution in [0.2, 0.25) is 0 Å². The summed E-state index contributed by atoms with van der Waals surface area (Å²) < 4.78 is 46.4. The Morgan fingerprint density at radius 1 is 1.06 bits per heavy atom. The second kappa shape index (κ2) is 10.1. The van der Waals surface area contributed by atoms with E-state index in [2.05, 4.69) is 26.0 Å². The molecule has 1 aliphatic rings. The van der Waals surface area contributed by atoms with Gasteiger partial charge in [0.2, 0.25) is 11.9 Å². The number of fused-ring (bicyclic) bond motifs is 1. The maximum absolute atomic E-state index is 13.3. The Balaban J connectivity index is 1.58. The summed E-state index contributed by atoms with van der Waals surface area (Å²) in [6.07, 6.45) is -3.14. The van der Waals surface area contributed by atoms with Crippen LogP contribution in [-0.4, -0.2) is 31.7 Å². The number of methoxy groups -OCH3 is 1. The monoisotopic (exact) mass is 533 g/mol. The quantitative estimate of drug-likeness (QED) is 0.418.